The van der Waals surface area contributed by atoms with Gasteiger partial charge in [-0.15, -0.1) is 0 Å². The van der Waals surface area contributed by atoms with Crippen LogP contribution in [-0.2, 0) is 11.2 Å². The summed E-state index contributed by atoms with van der Waals surface area (Å²) < 4.78 is 4.83. The van der Waals surface area contributed by atoms with E-state index in [1.807, 2.05) is 69.3 Å². The van der Waals surface area contributed by atoms with Gasteiger partial charge in [0.05, 0.1) is 10.5 Å². The number of aryl methyl sites for hydroxylation is 1. The molecule has 1 unspecified atom stereocenters. The molecule has 1 atom stereocenters. The summed E-state index contributed by atoms with van der Waals surface area (Å²) in [5, 5.41) is 20.7. The highest BCUT2D eigenvalue weighted by molar-refractivity contribution is 5.74. The molecule has 31 heavy (non-hydrogen) atoms. The molecule has 0 heterocycles. The van der Waals surface area contributed by atoms with E-state index < -0.39 is 0 Å². The highest BCUT2D eigenvalue weighted by Crippen LogP contribution is 2.32. The van der Waals surface area contributed by atoms with Crippen molar-refractivity contribution in [1.82, 2.24) is 0 Å². The van der Waals surface area contributed by atoms with E-state index in [0.717, 1.165) is 36.3 Å². The zero-order valence-corrected chi connectivity index (χ0v) is 18.7. The molecule has 0 fully saturated rings. The summed E-state index contributed by atoms with van der Waals surface area (Å²) in [6.07, 6.45) is 0.865. The lowest BCUT2D eigenvalue weighted by molar-refractivity contribution is -0.384. The SMILES string of the molecule is CCOCC.Cc1ccc(-c2ccc(C(C)Cc3ccc(O)cc3)cc2)c([N+](=O)[O-])c1. The number of phenolic OH excluding ortho intramolecular Hbond substituents is 1. The molecule has 3 aromatic rings. The smallest absolute Gasteiger partial charge is 0.277 e. The summed E-state index contributed by atoms with van der Waals surface area (Å²) >= 11 is 0. The van der Waals surface area contributed by atoms with Crippen LogP contribution in [0.3, 0.4) is 0 Å². The van der Waals surface area contributed by atoms with Gasteiger partial charge < -0.3 is 9.84 Å². The molecule has 0 bridgehead atoms. The Bertz CT molecular complexity index is 964. The Kier molecular flexibility index (Phi) is 9.22. The Morgan fingerprint density at radius 1 is 0.968 bits per heavy atom. The van der Waals surface area contributed by atoms with Crippen LogP contribution in [-0.4, -0.2) is 23.2 Å². The third kappa shape index (κ3) is 7.23. The Balaban J connectivity index is 0.000000614. The summed E-state index contributed by atoms with van der Waals surface area (Å²) in [6.45, 7) is 9.67. The fraction of sp³-hybridized carbons (Fsp3) is 0.308. The molecule has 0 spiro atoms. The number of rotatable bonds is 7. The van der Waals surface area contributed by atoms with Crippen molar-refractivity contribution in [1.29, 1.82) is 0 Å². The van der Waals surface area contributed by atoms with E-state index in [4.69, 9.17) is 4.74 Å². The molecule has 0 aliphatic heterocycles. The van der Waals surface area contributed by atoms with E-state index in [0.29, 0.717) is 11.5 Å². The van der Waals surface area contributed by atoms with Crippen LogP contribution < -0.4 is 0 Å². The van der Waals surface area contributed by atoms with E-state index >= 15 is 0 Å². The standard InChI is InChI=1S/C22H21NO3.C4H10O/c1-15-3-12-21(22(13-15)23(25)26)19-8-6-18(7-9-19)16(2)14-17-4-10-20(24)11-5-17;1-3-5-4-2/h3-13,16,24H,14H2,1-2H3;3-4H2,1-2H3. The minimum atomic E-state index is -0.330. The van der Waals surface area contributed by atoms with Crippen LogP contribution in [0.5, 0.6) is 5.75 Å². The summed E-state index contributed by atoms with van der Waals surface area (Å²) in [6, 6.07) is 20.5. The van der Waals surface area contributed by atoms with Crippen LogP contribution >= 0.6 is 0 Å². The second kappa shape index (κ2) is 11.9. The number of aromatic hydroxyl groups is 1. The number of hydrogen-bond acceptors (Lipinski definition) is 4. The number of nitrogens with zero attached hydrogens (tertiary/aromatic N) is 1. The van der Waals surface area contributed by atoms with Crippen molar-refractivity contribution in [2.75, 3.05) is 13.2 Å². The maximum absolute atomic E-state index is 11.3. The van der Waals surface area contributed by atoms with Gasteiger partial charge in [0, 0.05) is 19.3 Å². The lowest BCUT2D eigenvalue weighted by atomic mass is 9.92. The largest absolute Gasteiger partial charge is 0.508 e. The Labute approximate surface area is 184 Å². The average Bonchev–Trinajstić information content (AvgIpc) is 2.76. The normalized spacial score (nSPS) is 11.4. The van der Waals surface area contributed by atoms with Gasteiger partial charge in [0.2, 0.25) is 0 Å². The molecule has 0 aliphatic rings. The second-order valence-electron chi connectivity index (χ2n) is 7.45. The number of hydrogen-bond donors (Lipinski definition) is 1. The minimum Gasteiger partial charge on any atom is -0.508 e. The van der Waals surface area contributed by atoms with Gasteiger partial charge in [0.1, 0.15) is 5.75 Å². The maximum atomic E-state index is 11.3. The molecule has 0 aliphatic carbocycles. The van der Waals surface area contributed by atoms with Crippen LogP contribution in [0.25, 0.3) is 11.1 Å². The van der Waals surface area contributed by atoms with Gasteiger partial charge in [-0.3, -0.25) is 10.1 Å². The average molecular weight is 422 g/mol. The molecule has 0 radical (unpaired) electrons. The molecular formula is C26H31NO4. The Hall–Kier alpha value is -3.18. The zero-order valence-electron chi connectivity index (χ0n) is 18.7. The molecule has 164 valence electrons. The molecule has 0 saturated carbocycles. The molecule has 5 nitrogen and oxygen atoms in total. The lowest BCUT2D eigenvalue weighted by Gasteiger charge is -2.13. The lowest BCUT2D eigenvalue weighted by Crippen LogP contribution is -1.98. The van der Waals surface area contributed by atoms with Crippen molar-refractivity contribution in [3.05, 3.63) is 93.5 Å². The van der Waals surface area contributed by atoms with Gasteiger partial charge in [0.25, 0.3) is 5.69 Å². The Morgan fingerprint density at radius 3 is 2.10 bits per heavy atom. The third-order valence-electron chi connectivity index (χ3n) is 5.03. The van der Waals surface area contributed by atoms with Crippen LogP contribution in [0, 0.1) is 17.0 Å². The number of nitro benzene ring substituents is 1. The van der Waals surface area contributed by atoms with Crippen LogP contribution in [0.1, 0.15) is 43.4 Å². The van der Waals surface area contributed by atoms with Gasteiger partial charge in [0.15, 0.2) is 0 Å². The van der Waals surface area contributed by atoms with E-state index in [9.17, 15) is 15.2 Å². The topological polar surface area (TPSA) is 72.6 Å². The van der Waals surface area contributed by atoms with Gasteiger partial charge in [-0.1, -0.05) is 49.4 Å². The first kappa shape index (κ1) is 24.1. The first-order valence-electron chi connectivity index (χ1n) is 10.6. The predicted molar refractivity (Wildman–Crippen MR) is 126 cm³/mol. The molecule has 0 amide bonds. The fourth-order valence-electron chi connectivity index (χ4n) is 3.34. The van der Waals surface area contributed by atoms with Crippen LogP contribution in [0.2, 0.25) is 0 Å². The summed E-state index contributed by atoms with van der Waals surface area (Å²) in [5.74, 6) is 0.576. The van der Waals surface area contributed by atoms with E-state index in [1.54, 1.807) is 18.2 Å². The highest BCUT2D eigenvalue weighted by Gasteiger charge is 2.16. The second-order valence-corrected chi connectivity index (χ2v) is 7.45. The monoisotopic (exact) mass is 421 g/mol. The van der Waals surface area contributed by atoms with Crippen molar-refractivity contribution < 1.29 is 14.8 Å². The molecular weight excluding hydrogens is 390 g/mol. The summed E-state index contributed by atoms with van der Waals surface area (Å²) in [5.41, 5.74) is 4.83. The molecule has 1 N–H and O–H groups in total. The number of ether oxygens (including phenoxy) is 1. The van der Waals surface area contributed by atoms with Gasteiger partial charge >= 0.3 is 0 Å². The van der Waals surface area contributed by atoms with Crippen LogP contribution in [0.15, 0.2) is 66.7 Å². The molecule has 3 aromatic carbocycles. The van der Waals surface area contributed by atoms with E-state index in [2.05, 4.69) is 6.92 Å². The molecule has 0 aromatic heterocycles. The first-order chi connectivity index (χ1) is 14.8. The van der Waals surface area contributed by atoms with Crippen molar-refractivity contribution in [2.24, 2.45) is 0 Å². The summed E-state index contributed by atoms with van der Waals surface area (Å²) in [4.78, 5) is 11.0. The number of phenols is 1. The summed E-state index contributed by atoms with van der Waals surface area (Å²) in [7, 11) is 0. The Morgan fingerprint density at radius 2 is 1.58 bits per heavy atom. The number of nitro groups is 1. The first-order valence-corrected chi connectivity index (χ1v) is 10.6. The third-order valence-corrected chi connectivity index (χ3v) is 5.03. The van der Waals surface area contributed by atoms with Gasteiger partial charge in [-0.2, -0.15) is 0 Å². The zero-order chi connectivity index (χ0) is 22.8. The van der Waals surface area contributed by atoms with E-state index in [1.165, 1.54) is 5.56 Å². The van der Waals surface area contributed by atoms with Crippen molar-refractivity contribution in [3.8, 4) is 16.9 Å². The van der Waals surface area contributed by atoms with Crippen molar-refractivity contribution in [3.63, 3.8) is 0 Å². The quantitative estimate of drug-likeness (QED) is 0.342. The molecule has 3 rings (SSSR count). The molecule has 0 saturated heterocycles. The fourth-order valence-corrected chi connectivity index (χ4v) is 3.34. The van der Waals surface area contributed by atoms with Crippen molar-refractivity contribution >= 4 is 5.69 Å². The number of benzene rings is 3. The predicted octanol–water partition coefficient (Wildman–Crippen LogP) is 6.66. The minimum absolute atomic E-state index is 0.134. The highest BCUT2D eigenvalue weighted by atomic mass is 16.6. The maximum Gasteiger partial charge on any atom is 0.277 e. The molecule has 5 heteroatoms. The van der Waals surface area contributed by atoms with E-state index in [-0.39, 0.29) is 16.4 Å². The van der Waals surface area contributed by atoms with Gasteiger partial charge in [-0.05, 0) is 73.6 Å². The van der Waals surface area contributed by atoms with Crippen molar-refractivity contribution in [2.45, 2.75) is 40.0 Å². The van der Waals surface area contributed by atoms with Crippen LogP contribution in [0.4, 0.5) is 5.69 Å². The van der Waals surface area contributed by atoms with Gasteiger partial charge in [-0.25, -0.2) is 0 Å².